The van der Waals surface area contributed by atoms with E-state index in [0.717, 1.165) is 5.56 Å². The number of hydrogen-bond acceptors (Lipinski definition) is 2. The predicted octanol–water partition coefficient (Wildman–Crippen LogP) is 2.46. The van der Waals surface area contributed by atoms with Gasteiger partial charge in [-0.05, 0) is 12.1 Å². The second kappa shape index (κ2) is 4.45. The van der Waals surface area contributed by atoms with Crippen molar-refractivity contribution in [2.45, 2.75) is 24.8 Å². The van der Waals surface area contributed by atoms with Crippen molar-refractivity contribution < 1.29 is 8.42 Å². The van der Waals surface area contributed by atoms with E-state index in [4.69, 9.17) is 6.57 Å². The van der Waals surface area contributed by atoms with Crippen molar-refractivity contribution >= 4 is 9.84 Å². The molecule has 1 aromatic rings. The summed E-state index contributed by atoms with van der Waals surface area (Å²) in [6.45, 7) is 10.3. The number of hydrogen-bond donors (Lipinski definition) is 0. The van der Waals surface area contributed by atoms with Gasteiger partial charge in [0.05, 0.1) is 10.6 Å². The molecule has 1 unspecified atom stereocenters. The minimum atomic E-state index is -3.12. The van der Waals surface area contributed by atoms with Crippen LogP contribution < -0.4 is 0 Å². The van der Waals surface area contributed by atoms with Crippen LogP contribution in [0, 0.1) is 6.57 Å². The van der Waals surface area contributed by atoms with Gasteiger partial charge in [-0.2, -0.15) is 0 Å². The number of rotatable bonds is 3. The molecule has 0 aliphatic carbocycles. The second-order valence-electron chi connectivity index (χ2n) is 3.28. The third-order valence-electron chi connectivity index (χ3n) is 2.30. The molecule has 0 radical (unpaired) electrons. The van der Waals surface area contributed by atoms with Crippen molar-refractivity contribution in [3.8, 4) is 0 Å². The zero-order valence-electron chi connectivity index (χ0n) is 8.77. The van der Waals surface area contributed by atoms with Gasteiger partial charge in [-0.15, -0.1) is 0 Å². The average Bonchev–Trinajstić information content (AvgIpc) is 2.28. The maximum Gasteiger partial charge on any atom is 0.245 e. The monoisotopic (exact) mass is 223 g/mol. The molecule has 80 valence electrons. The average molecular weight is 223 g/mol. The first-order valence-corrected chi connectivity index (χ1v) is 6.35. The van der Waals surface area contributed by atoms with Crippen molar-refractivity contribution in [1.82, 2.24) is 0 Å². The molecule has 0 spiro atoms. The maximum absolute atomic E-state index is 11.5. The van der Waals surface area contributed by atoms with Crippen LogP contribution in [0.3, 0.4) is 0 Å². The minimum absolute atomic E-state index is 0.102. The highest BCUT2D eigenvalue weighted by atomic mass is 32.2. The summed E-state index contributed by atoms with van der Waals surface area (Å²) >= 11 is 0. The van der Waals surface area contributed by atoms with Gasteiger partial charge in [0.15, 0.2) is 9.84 Å². The Hall–Kier alpha value is -1.34. The van der Waals surface area contributed by atoms with Gasteiger partial charge in [-0.1, -0.05) is 19.1 Å². The van der Waals surface area contributed by atoms with Crippen LogP contribution in [0.25, 0.3) is 4.85 Å². The van der Waals surface area contributed by atoms with Gasteiger partial charge in [-0.3, -0.25) is 0 Å². The van der Waals surface area contributed by atoms with Crippen molar-refractivity contribution in [2.75, 3.05) is 5.75 Å². The lowest BCUT2D eigenvalue weighted by molar-refractivity contribution is 0.597. The van der Waals surface area contributed by atoms with Gasteiger partial charge in [0.25, 0.3) is 0 Å². The zero-order chi connectivity index (χ0) is 11.5. The molecular weight excluding hydrogens is 210 g/mol. The van der Waals surface area contributed by atoms with Crippen LogP contribution >= 0.6 is 0 Å². The summed E-state index contributed by atoms with van der Waals surface area (Å²) in [7, 11) is -3.12. The zero-order valence-corrected chi connectivity index (χ0v) is 9.58. The van der Waals surface area contributed by atoms with E-state index < -0.39 is 9.84 Å². The van der Waals surface area contributed by atoms with E-state index in [2.05, 4.69) is 4.85 Å². The third kappa shape index (κ3) is 2.57. The van der Waals surface area contributed by atoms with Crippen molar-refractivity contribution in [2.24, 2.45) is 0 Å². The van der Waals surface area contributed by atoms with Gasteiger partial charge < -0.3 is 4.85 Å². The van der Waals surface area contributed by atoms with E-state index in [1.54, 1.807) is 38.1 Å². The first-order valence-electron chi connectivity index (χ1n) is 4.70. The Labute approximate surface area is 90.5 Å². The fraction of sp³-hybridized carbons (Fsp3) is 0.364. The molecule has 0 aromatic heterocycles. The molecule has 0 aliphatic rings. The Morgan fingerprint density at radius 2 is 1.87 bits per heavy atom. The van der Waals surface area contributed by atoms with E-state index in [0.29, 0.717) is 4.90 Å². The summed E-state index contributed by atoms with van der Waals surface area (Å²) in [5.41, 5.74) is 0.847. The maximum atomic E-state index is 11.5. The SMILES string of the molecule is [C-]#[N+]C(C)c1ccc(S(=O)(=O)CC)cc1. The van der Waals surface area contributed by atoms with Crippen molar-refractivity contribution in [3.05, 3.63) is 41.2 Å². The first-order chi connectivity index (χ1) is 7.01. The predicted molar refractivity (Wildman–Crippen MR) is 59.2 cm³/mol. The van der Waals surface area contributed by atoms with Crippen LogP contribution in [0.5, 0.6) is 0 Å². The molecule has 0 N–H and O–H groups in total. The molecule has 0 saturated heterocycles. The molecule has 4 heteroatoms. The molecule has 0 heterocycles. The molecule has 0 fully saturated rings. The van der Waals surface area contributed by atoms with Gasteiger partial charge in [0.1, 0.15) is 0 Å². The lowest BCUT2D eigenvalue weighted by Gasteiger charge is -2.03. The molecule has 15 heavy (non-hydrogen) atoms. The normalized spacial score (nSPS) is 13.1. The Morgan fingerprint density at radius 3 is 2.27 bits per heavy atom. The van der Waals surface area contributed by atoms with E-state index in [-0.39, 0.29) is 11.8 Å². The van der Waals surface area contributed by atoms with Crippen LogP contribution in [-0.2, 0) is 9.84 Å². The molecule has 0 aliphatic heterocycles. The van der Waals surface area contributed by atoms with Gasteiger partial charge >= 0.3 is 0 Å². The summed E-state index contributed by atoms with van der Waals surface area (Å²) in [5.74, 6) is 0.102. The molecule has 0 saturated carbocycles. The fourth-order valence-electron chi connectivity index (χ4n) is 1.19. The largest absolute Gasteiger partial charge is 0.309 e. The fourth-order valence-corrected chi connectivity index (χ4v) is 2.08. The van der Waals surface area contributed by atoms with Crippen LogP contribution in [-0.4, -0.2) is 14.2 Å². The Balaban J connectivity index is 3.07. The lowest BCUT2D eigenvalue weighted by atomic mass is 10.1. The van der Waals surface area contributed by atoms with Gasteiger partial charge in [0, 0.05) is 12.5 Å². The lowest BCUT2D eigenvalue weighted by Crippen LogP contribution is -2.03. The number of benzene rings is 1. The molecule has 1 rings (SSSR count). The Morgan fingerprint density at radius 1 is 1.33 bits per heavy atom. The highest BCUT2D eigenvalue weighted by Gasteiger charge is 2.13. The standard InChI is InChI=1S/C11H13NO2S/c1-4-15(13,14)11-7-5-10(6-8-11)9(2)12-3/h5-9H,4H2,1-2H3. The third-order valence-corrected chi connectivity index (χ3v) is 4.05. The molecule has 0 amide bonds. The van der Waals surface area contributed by atoms with E-state index in [9.17, 15) is 8.42 Å². The summed E-state index contributed by atoms with van der Waals surface area (Å²) in [6.07, 6.45) is 0. The molecule has 0 bridgehead atoms. The molecule has 1 aromatic carbocycles. The van der Waals surface area contributed by atoms with Gasteiger partial charge in [0.2, 0.25) is 6.04 Å². The van der Waals surface area contributed by atoms with Crippen LogP contribution in [0.2, 0.25) is 0 Å². The minimum Gasteiger partial charge on any atom is -0.309 e. The smallest absolute Gasteiger partial charge is 0.245 e. The highest BCUT2D eigenvalue weighted by molar-refractivity contribution is 7.91. The van der Waals surface area contributed by atoms with Crippen LogP contribution in [0.15, 0.2) is 29.2 Å². The quantitative estimate of drug-likeness (QED) is 0.738. The summed E-state index contributed by atoms with van der Waals surface area (Å²) in [6, 6.07) is 6.31. The van der Waals surface area contributed by atoms with Crippen molar-refractivity contribution in [1.29, 1.82) is 0 Å². The van der Waals surface area contributed by atoms with E-state index in [1.807, 2.05) is 0 Å². The van der Waals surface area contributed by atoms with Gasteiger partial charge in [-0.25, -0.2) is 15.0 Å². The van der Waals surface area contributed by atoms with Crippen molar-refractivity contribution in [3.63, 3.8) is 0 Å². The summed E-state index contributed by atoms with van der Waals surface area (Å²) in [5, 5.41) is 0. The second-order valence-corrected chi connectivity index (χ2v) is 5.56. The Bertz CT molecular complexity index is 468. The van der Waals surface area contributed by atoms with E-state index in [1.165, 1.54) is 0 Å². The van der Waals surface area contributed by atoms with Crippen LogP contribution in [0.1, 0.15) is 25.5 Å². The molecule has 1 atom stereocenters. The summed E-state index contributed by atoms with van der Waals surface area (Å²) < 4.78 is 23.0. The van der Waals surface area contributed by atoms with E-state index >= 15 is 0 Å². The molecular formula is C11H13NO2S. The summed E-state index contributed by atoms with van der Waals surface area (Å²) in [4.78, 5) is 3.70. The number of nitrogens with zero attached hydrogens (tertiary/aromatic N) is 1. The highest BCUT2D eigenvalue weighted by Crippen LogP contribution is 2.19. The Kier molecular flexibility index (Phi) is 3.48. The number of sulfone groups is 1. The first kappa shape index (κ1) is 11.7. The topological polar surface area (TPSA) is 38.5 Å². The molecule has 3 nitrogen and oxygen atoms in total. The van der Waals surface area contributed by atoms with Crippen LogP contribution in [0.4, 0.5) is 0 Å².